The summed E-state index contributed by atoms with van der Waals surface area (Å²) in [7, 11) is 7.60. The van der Waals surface area contributed by atoms with E-state index in [0.29, 0.717) is 28.8 Å². The number of amides is 1. The predicted molar refractivity (Wildman–Crippen MR) is 143 cm³/mol. The molecule has 0 spiro atoms. The van der Waals surface area contributed by atoms with E-state index < -0.39 is 0 Å². The molecular formula is C26H30N8O2. The molecule has 3 aromatic heterocycles. The Labute approximate surface area is 210 Å². The minimum absolute atomic E-state index is 0.307. The minimum atomic E-state index is -0.307. The molecule has 1 amide bonds. The van der Waals surface area contributed by atoms with E-state index >= 15 is 0 Å². The normalized spacial score (nSPS) is 10.9. The molecule has 0 bridgehead atoms. The fourth-order valence-corrected chi connectivity index (χ4v) is 3.72. The fraction of sp³-hybridized carbons (Fsp3) is 0.231. The Balaban J connectivity index is 1.69. The van der Waals surface area contributed by atoms with Crippen LogP contribution in [0.4, 0.5) is 23.0 Å². The second-order valence-electron chi connectivity index (χ2n) is 8.46. The zero-order valence-corrected chi connectivity index (χ0v) is 20.9. The molecule has 0 fully saturated rings. The van der Waals surface area contributed by atoms with Gasteiger partial charge in [-0.2, -0.15) is 0 Å². The van der Waals surface area contributed by atoms with E-state index in [1.807, 2.05) is 68.1 Å². The lowest BCUT2D eigenvalue weighted by atomic mass is 10.2. The Kier molecular flexibility index (Phi) is 7.45. The Morgan fingerprint density at radius 1 is 1.14 bits per heavy atom. The van der Waals surface area contributed by atoms with Gasteiger partial charge in [0.15, 0.2) is 0 Å². The van der Waals surface area contributed by atoms with E-state index in [1.165, 1.54) is 6.08 Å². The molecule has 0 unspecified atom stereocenters. The standard InChI is InChI=1S/C26H30N8O2/c1-6-24(35)29-19-15-20(23(36-5)16-22(19)33(4)14-13-32(2)3)31-26-27-11-10-18(30-26)25-21-9-7-8-12-34(21)17-28-25/h6-12,15-17H,1,13-14H2,2-5H3,(H,29,35)(H,27,30,31). The number of ether oxygens (including phenoxy) is 1. The van der Waals surface area contributed by atoms with E-state index in [1.54, 1.807) is 19.6 Å². The van der Waals surface area contributed by atoms with Crippen molar-refractivity contribution in [3.05, 3.63) is 67.8 Å². The number of hydrogen-bond donors (Lipinski definition) is 2. The van der Waals surface area contributed by atoms with Gasteiger partial charge in [-0.1, -0.05) is 12.6 Å². The van der Waals surface area contributed by atoms with Crippen LogP contribution in [0.3, 0.4) is 0 Å². The van der Waals surface area contributed by atoms with Crippen LogP contribution in [0.2, 0.25) is 0 Å². The van der Waals surface area contributed by atoms with Gasteiger partial charge < -0.3 is 29.6 Å². The van der Waals surface area contributed by atoms with Gasteiger partial charge in [-0.3, -0.25) is 4.79 Å². The lowest BCUT2D eigenvalue weighted by Gasteiger charge is -2.26. The Morgan fingerprint density at radius 3 is 2.72 bits per heavy atom. The number of hydrogen-bond acceptors (Lipinski definition) is 8. The number of imidazole rings is 1. The second kappa shape index (κ2) is 10.9. The van der Waals surface area contributed by atoms with Gasteiger partial charge in [0, 0.05) is 38.6 Å². The number of likely N-dealkylation sites (N-methyl/N-ethyl adjacent to an activating group) is 2. The summed E-state index contributed by atoms with van der Waals surface area (Å²) in [4.78, 5) is 29.9. The molecular weight excluding hydrogens is 456 g/mol. The Morgan fingerprint density at radius 2 is 1.97 bits per heavy atom. The second-order valence-corrected chi connectivity index (χ2v) is 8.46. The number of carbonyl (C=O) groups excluding carboxylic acids is 1. The van der Waals surface area contributed by atoms with Crippen molar-refractivity contribution >= 4 is 34.4 Å². The smallest absolute Gasteiger partial charge is 0.247 e. The van der Waals surface area contributed by atoms with Crippen LogP contribution in [0, 0.1) is 0 Å². The van der Waals surface area contributed by atoms with Crippen molar-refractivity contribution in [2.24, 2.45) is 0 Å². The molecule has 0 aliphatic carbocycles. The average molecular weight is 487 g/mol. The summed E-state index contributed by atoms with van der Waals surface area (Å²) >= 11 is 0. The number of fused-ring (bicyclic) bond motifs is 1. The maximum atomic E-state index is 12.2. The van der Waals surface area contributed by atoms with Crippen LogP contribution in [-0.2, 0) is 4.79 Å². The highest BCUT2D eigenvalue weighted by Gasteiger charge is 2.17. The number of benzene rings is 1. The van der Waals surface area contributed by atoms with Crippen LogP contribution >= 0.6 is 0 Å². The number of rotatable bonds is 10. The molecule has 1 aromatic carbocycles. The molecule has 186 valence electrons. The number of carbonyl (C=O) groups is 1. The molecule has 0 atom stereocenters. The first-order chi connectivity index (χ1) is 17.4. The molecule has 0 saturated carbocycles. The van der Waals surface area contributed by atoms with Gasteiger partial charge in [-0.25, -0.2) is 15.0 Å². The summed E-state index contributed by atoms with van der Waals surface area (Å²) in [5.41, 5.74) is 4.41. The number of nitrogens with one attached hydrogen (secondary N) is 2. The minimum Gasteiger partial charge on any atom is -0.494 e. The van der Waals surface area contributed by atoms with Crippen molar-refractivity contribution in [1.29, 1.82) is 0 Å². The predicted octanol–water partition coefficient (Wildman–Crippen LogP) is 3.67. The summed E-state index contributed by atoms with van der Waals surface area (Å²) < 4.78 is 7.61. The molecule has 0 saturated heterocycles. The van der Waals surface area contributed by atoms with Crippen LogP contribution in [0.25, 0.3) is 16.9 Å². The number of nitrogens with zero attached hydrogens (tertiary/aromatic N) is 6. The highest BCUT2D eigenvalue weighted by molar-refractivity contribution is 6.02. The molecule has 4 aromatic rings. The van der Waals surface area contributed by atoms with E-state index in [4.69, 9.17) is 4.74 Å². The van der Waals surface area contributed by atoms with E-state index in [-0.39, 0.29) is 5.91 Å². The third-order valence-electron chi connectivity index (χ3n) is 5.64. The van der Waals surface area contributed by atoms with Gasteiger partial charge in [-0.15, -0.1) is 0 Å². The first-order valence-electron chi connectivity index (χ1n) is 11.4. The van der Waals surface area contributed by atoms with Crippen molar-refractivity contribution < 1.29 is 9.53 Å². The molecule has 0 aliphatic heterocycles. The summed E-state index contributed by atoms with van der Waals surface area (Å²) in [6.45, 7) is 5.17. The molecule has 0 radical (unpaired) electrons. The van der Waals surface area contributed by atoms with E-state index in [9.17, 15) is 4.79 Å². The molecule has 10 heteroatoms. The summed E-state index contributed by atoms with van der Waals surface area (Å²) in [6.07, 6.45) is 6.61. The van der Waals surface area contributed by atoms with E-state index in [0.717, 1.165) is 30.0 Å². The summed E-state index contributed by atoms with van der Waals surface area (Å²) in [5.74, 6) is 0.649. The van der Waals surface area contributed by atoms with Crippen LogP contribution in [0.1, 0.15) is 0 Å². The Bertz CT molecular complexity index is 1380. The maximum Gasteiger partial charge on any atom is 0.247 e. The number of pyridine rings is 1. The lowest BCUT2D eigenvalue weighted by Crippen LogP contribution is -2.29. The zero-order valence-electron chi connectivity index (χ0n) is 20.9. The highest BCUT2D eigenvalue weighted by Crippen LogP contribution is 2.38. The Hall–Kier alpha value is -4.44. The van der Waals surface area contributed by atoms with Crippen molar-refractivity contribution in [2.75, 3.05) is 56.9 Å². The van der Waals surface area contributed by atoms with Crippen LogP contribution < -0.4 is 20.3 Å². The van der Waals surface area contributed by atoms with Crippen molar-refractivity contribution in [1.82, 2.24) is 24.3 Å². The molecule has 4 rings (SSSR count). The average Bonchev–Trinajstić information content (AvgIpc) is 3.32. The molecule has 10 nitrogen and oxygen atoms in total. The highest BCUT2D eigenvalue weighted by atomic mass is 16.5. The third kappa shape index (κ3) is 5.44. The summed E-state index contributed by atoms with van der Waals surface area (Å²) in [5, 5.41) is 6.13. The monoisotopic (exact) mass is 486 g/mol. The SMILES string of the molecule is C=CC(=O)Nc1cc(Nc2nccc(-c3ncn4ccccc34)n2)c(OC)cc1N(C)CCN(C)C. The van der Waals surface area contributed by atoms with Gasteiger partial charge in [0.05, 0.1) is 35.4 Å². The first-order valence-corrected chi connectivity index (χ1v) is 11.4. The van der Waals surface area contributed by atoms with E-state index in [2.05, 4.69) is 42.0 Å². The molecule has 0 aliphatic rings. The van der Waals surface area contributed by atoms with Crippen molar-refractivity contribution in [2.45, 2.75) is 0 Å². The van der Waals surface area contributed by atoms with Gasteiger partial charge >= 0.3 is 0 Å². The van der Waals surface area contributed by atoms with Crippen LogP contribution in [0.15, 0.2) is 67.8 Å². The zero-order chi connectivity index (χ0) is 25.7. The topological polar surface area (TPSA) is 99.9 Å². The van der Waals surface area contributed by atoms with Crippen molar-refractivity contribution in [3.8, 4) is 17.1 Å². The quantitative estimate of drug-likeness (QED) is 0.328. The van der Waals surface area contributed by atoms with Crippen molar-refractivity contribution in [3.63, 3.8) is 0 Å². The largest absolute Gasteiger partial charge is 0.494 e. The first kappa shape index (κ1) is 24.7. The number of methoxy groups -OCH3 is 1. The van der Waals surface area contributed by atoms with Crippen LogP contribution in [-0.4, -0.2) is 71.5 Å². The molecule has 2 N–H and O–H groups in total. The lowest BCUT2D eigenvalue weighted by molar-refractivity contribution is -0.111. The van der Waals surface area contributed by atoms with Gasteiger partial charge in [-0.05, 0) is 44.4 Å². The maximum absolute atomic E-state index is 12.2. The van der Waals surface area contributed by atoms with Gasteiger partial charge in [0.1, 0.15) is 17.8 Å². The molecule has 36 heavy (non-hydrogen) atoms. The van der Waals surface area contributed by atoms with Gasteiger partial charge in [0.2, 0.25) is 11.9 Å². The third-order valence-corrected chi connectivity index (χ3v) is 5.64. The fourth-order valence-electron chi connectivity index (χ4n) is 3.72. The molecule has 3 heterocycles. The number of anilines is 4. The van der Waals surface area contributed by atoms with Gasteiger partial charge in [0.25, 0.3) is 0 Å². The van der Waals surface area contributed by atoms with Crippen LogP contribution in [0.5, 0.6) is 5.75 Å². The summed E-state index contributed by atoms with van der Waals surface area (Å²) in [6, 6.07) is 11.4. The number of aromatic nitrogens is 4.